The maximum atomic E-state index is 5.47. The van der Waals surface area contributed by atoms with Crippen LogP contribution in [0.15, 0.2) is 30.6 Å². The minimum atomic E-state index is 0.167. The van der Waals surface area contributed by atoms with E-state index in [1.807, 2.05) is 49.4 Å². The van der Waals surface area contributed by atoms with E-state index < -0.39 is 0 Å². The third-order valence-corrected chi connectivity index (χ3v) is 3.36. The van der Waals surface area contributed by atoms with Crippen molar-refractivity contribution in [2.75, 3.05) is 21.3 Å². The number of rotatable bonds is 6. The highest BCUT2D eigenvalue weighted by atomic mass is 16.5. The van der Waals surface area contributed by atoms with Gasteiger partial charge in [0.15, 0.2) is 0 Å². The number of hydrogen-bond acceptors (Lipinski definition) is 4. The molecule has 5 heteroatoms. The van der Waals surface area contributed by atoms with Crippen LogP contribution < -0.4 is 14.8 Å². The Kier molecular flexibility index (Phi) is 4.63. The van der Waals surface area contributed by atoms with Crippen molar-refractivity contribution in [2.24, 2.45) is 7.05 Å². The van der Waals surface area contributed by atoms with Crippen molar-refractivity contribution >= 4 is 0 Å². The van der Waals surface area contributed by atoms with Gasteiger partial charge in [-0.1, -0.05) is 6.07 Å². The lowest BCUT2D eigenvalue weighted by Crippen LogP contribution is -2.19. The zero-order chi connectivity index (χ0) is 14.5. The van der Waals surface area contributed by atoms with Crippen LogP contribution in [0.5, 0.6) is 11.5 Å². The summed E-state index contributed by atoms with van der Waals surface area (Å²) in [4.78, 5) is 0. The largest absolute Gasteiger partial charge is 0.497 e. The Bertz CT molecular complexity index is 566. The monoisotopic (exact) mass is 275 g/mol. The van der Waals surface area contributed by atoms with Gasteiger partial charge in [0.2, 0.25) is 0 Å². The number of hydrogen-bond donors (Lipinski definition) is 1. The van der Waals surface area contributed by atoms with Gasteiger partial charge >= 0.3 is 0 Å². The molecule has 0 aliphatic rings. The van der Waals surface area contributed by atoms with Crippen LogP contribution in [-0.4, -0.2) is 31.0 Å². The first-order valence-electron chi connectivity index (χ1n) is 6.54. The number of aryl methyl sites for hydroxylation is 1. The molecule has 5 nitrogen and oxygen atoms in total. The molecule has 0 saturated heterocycles. The van der Waals surface area contributed by atoms with Gasteiger partial charge in [0, 0.05) is 30.9 Å². The molecule has 1 aromatic carbocycles. The minimum Gasteiger partial charge on any atom is -0.497 e. The summed E-state index contributed by atoms with van der Waals surface area (Å²) in [6, 6.07) is 6.06. The van der Waals surface area contributed by atoms with Crippen LogP contribution in [0.1, 0.15) is 17.2 Å². The Morgan fingerprint density at radius 2 is 2.10 bits per heavy atom. The lowest BCUT2D eigenvalue weighted by atomic mass is 9.99. The van der Waals surface area contributed by atoms with E-state index in [0.29, 0.717) is 0 Å². The molecule has 1 aromatic heterocycles. The number of ether oxygens (including phenoxy) is 2. The third kappa shape index (κ3) is 3.11. The topological polar surface area (TPSA) is 48.3 Å². The van der Waals surface area contributed by atoms with Gasteiger partial charge in [-0.2, -0.15) is 5.10 Å². The Labute approximate surface area is 119 Å². The van der Waals surface area contributed by atoms with Crippen LogP contribution in [0.2, 0.25) is 0 Å². The van der Waals surface area contributed by atoms with Crippen molar-refractivity contribution in [3.8, 4) is 11.5 Å². The van der Waals surface area contributed by atoms with Crippen molar-refractivity contribution in [3.63, 3.8) is 0 Å². The highest BCUT2D eigenvalue weighted by molar-refractivity contribution is 5.43. The van der Waals surface area contributed by atoms with Crippen LogP contribution >= 0.6 is 0 Å². The van der Waals surface area contributed by atoms with Gasteiger partial charge in [0.25, 0.3) is 0 Å². The number of nitrogens with zero attached hydrogens (tertiary/aromatic N) is 2. The van der Waals surface area contributed by atoms with Crippen LogP contribution in [0.3, 0.4) is 0 Å². The number of benzene rings is 1. The molecule has 0 bridgehead atoms. The zero-order valence-corrected chi connectivity index (χ0v) is 12.4. The van der Waals surface area contributed by atoms with Gasteiger partial charge in [-0.3, -0.25) is 4.68 Å². The third-order valence-electron chi connectivity index (χ3n) is 3.36. The summed E-state index contributed by atoms with van der Waals surface area (Å²) in [5, 5.41) is 7.54. The molecule has 1 atom stereocenters. The molecule has 1 N–H and O–H groups in total. The van der Waals surface area contributed by atoms with Gasteiger partial charge in [-0.25, -0.2) is 0 Å². The van der Waals surface area contributed by atoms with E-state index in [1.165, 1.54) is 5.56 Å². The number of likely N-dealkylation sites (N-methyl/N-ethyl adjacent to an activating group) is 1. The molecule has 108 valence electrons. The first kappa shape index (κ1) is 14.4. The lowest BCUT2D eigenvalue weighted by molar-refractivity contribution is 0.385. The predicted octanol–water partition coefficient (Wildman–Crippen LogP) is 1.94. The maximum absolute atomic E-state index is 5.47. The van der Waals surface area contributed by atoms with Gasteiger partial charge in [-0.05, 0) is 25.1 Å². The highest BCUT2D eigenvalue weighted by Crippen LogP contribution is 2.31. The summed E-state index contributed by atoms with van der Waals surface area (Å²) in [6.45, 7) is 0. The fourth-order valence-electron chi connectivity index (χ4n) is 2.29. The zero-order valence-electron chi connectivity index (χ0n) is 12.4. The molecule has 1 unspecified atom stereocenters. The predicted molar refractivity (Wildman–Crippen MR) is 78.3 cm³/mol. The molecule has 0 aliphatic heterocycles. The molecule has 0 radical (unpaired) electrons. The van der Waals surface area contributed by atoms with E-state index in [0.717, 1.165) is 23.5 Å². The van der Waals surface area contributed by atoms with Gasteiger partial charge < -0.3 is 14.8 Å². The summed E-state index contributed by atoms with van der Waals surface area (Å²) < 4.78 is 12.5. The Morgan fingerprint density at radius 3 is 2.65 bits per heavy atom. The standard InChI is InChI=1S/C15H21N3O2/c1-16-14(7-11-9-17-18(2)10-11)13-6-5-12(19-3)8-15(13)20-4/h5-6,8-10,14,16H,7H2,1-4H3. The first-order chi connectivity index (χ1) is 9.67. The Balaban J connectivity index is 2.26. The molecular formula is C15H21N3O2. The fraction of sp³-hybridized carbons (Fsp3) is 0.400. The average molecular weight is 275 g/mol. The summed E-state index contributed by atoms with van der Waals surface area (Å²) in [5.41, 5.74) is 2.30. The number of methoxy groups -OCH3 is 2. The molecule has 1 heterocycles. The second kappa shape index (κ2) is 6.43. The smallest absolute Gasteiger partial charge is 0.127 e. The Hall–Kier alpha value is -2.01. The molecule has 0 saturated carbocycles. The molecule has 0 fully saturated rings. The van der Waals surface area contributed by atoms with E-state index in [4.69, 9.17) is 9.47 Å². The second-order valence-corrected chi connectivity index (χ2v) is 4.68. The molecular weight excluding hydrogens is 254 g/mol. The van der Waals surface area contributed by atoms with E-state index in [9.17, 15) is 0 Å². The molecule has 20 heavy (non-hydrogen) atoms. The van der Waals surface area contributed by atoms with Crippen LogP contribution in [0.4, 0.5) is 0 Å². The van der Waals surface area contributed by atoms with Crippen LogP contribution in [-0.2, 0) is 13.5 Å². The fourth-order valence-corrected chi connectivity index (χ4v) is 2.29. The van der Waals surface area contributed by atoms with Crippen molar-refractivity contribution < 1.29 is 9.47 Å². The molecule has 0 aliphatic carbocycles. The van der Waals surface area contributed by atoms with Crippen molar-refractivity contribution in [3.05, 3.63) is 41.7 Å². The van der Waals surface area contributed by atoms with E-state index >= 15 is 0 Å². The second-order valence-electron chi connectivity index (χ2n) is 4.68. The van der Waals surface area contributed by atoms with E-state index in [1.54, 1.807) is 14.2 Å². The van der Waals surface area contributed by atoms with Gasteiger partial charge in [-0.15, -0.1) is 0 Å². The number of nitrogens with one attached hydrogen (secondary N) is 1. The normalized spacial score (nSPS) is 12.2. The van der Waals surface area contributed by atoms with Crippen molar-refractivity contribution in [2.45, 2.75) is 12.5 Å². The minimum absolute atomic E-state index is 0.167. The molecule has 0 spiro atoms. The number of aromatic nitrogens is 2. The summed E-state index contributed by atoms with van der Waals surface area (Å²) in [6.07, 6.45) is 4.77. The van der Waals surface area contributed by atoms with Crippen LogP contribution in [0, 0.1) is 0 Å². The maximum Gasteiger partial charge on any atom is 0.127 e. The lowest BCUT2D eigenvalue weighted by Gasteiger charge is -2.19. The SMILES string of the molecule is CNC(Cc1cnn(C)c1)c1ccc(OC)cc1OC. The summed E-state index contributed by atoms with van der Waals surface area (Å²) in [7, 11) is 7.20. The molecule has 0 amide bonds. The van der Waals surface area contributed by atoms with E-state index in [2.05, 4.69) is 10.4 Å². The first-order valence-corrected chi connectivity index (χ1v) is 6.54. The quantitative estimate of drug-likeness (QED) is 0.875. The summed E-state index contributed by atoms with van der Waals surface area (Å²) >= 11 is 0. The van der Waals surface area contributed by atoms with Crippen LogP contribution in [0.25, 0.3) is 0 Å². The van der Waals surface area contributed by atoms with Crippen molar-refractivity contribution in [1.29, 1.82) is 0 Å². The van der Waals surface area contributed by atoms with Gasteiger partial charge in [0.05, 0.1) is 20.4 Å². The highest BCUT2D eigenvalue weighted by Gasteiger charge is 2.16. The van der Waals surface area contributed by atoms with Crippen molar-refractivity contribution in [1.82, 2.24) is 15.1 Å². The average Bonchev–Trinajstić information content (AvgIpc) is 2.89. The van der Waals surface area contributed by atoms with E-state index in [-0.39, 0.29) is 6.04 Å². The van der Waals surface area contributed by atoms with Gasteiger partial charge in [0.1, 0.15) is 11.5 Å². The molecule has 2 aromatic rings. The summed E-state index contributed by atoms with van der Waals surface area (Å²) in [5.74, 6) is 1.62. The Morgan fingerprint density at radius 1 is 1.30 bits per heavy atom. The molecule has 2 rings (SSSR count).